The highest BCUT2D eigenvalue weighted by molar-refractivity contribution is 6.23. The second kappa shape index (κ2) is 15.7. The number of anilines is 10. The maximum atomic E-state index is 2.45. The van der Waals surface area contributed by atoms with Crippen LogP contribution in [0, 0.1) is 0 Å². The van der Waals surface area contributed by atoms with Crippen LogP contribution in [0.25, 0.3) is 76.5 Å². The van der Waals surface area contributed by atoms with Gasteiger partial charge in [-0.25, -0.2) is 0 Å². The molecule has 12 aromatic rings. The van der Waals surface area contributed by atoms with E-state index >= 15 is 0 Å². The summed E-state index contributed by atoms with van der Waals surface area (Å²) in [4.78, 5) is 9.52. The quantitative estimate of drug-likeness (QED) is 0.160. The molecule has 0 bridgehead atoms. The minimum atomic E-state index is 1.11. The van der Waals surface area contributed by atoms with Gasteiger partial charge < -0.3 is 19.6 Å². The smallest absolute Gasteiger partial charge is 0.0699 e. The van der Waals surface area contributed by atoms with E-state index in [1.807, 2.05) is 0 Å². The second-order valence-corrected chi connectivity index (χ2v) is 18.6. The molecule has 0 aromatic heterocycles. The largest absolute Gasteiger partial charge is 0.341 e. The molecule has 0 radical (unpaired) electrons. The van der Waals surface area contributed by atoms with Gasteiger partial charge in [0.15, 0.2) is 0 Å². The molecule has 0 fully saturated rings. The Labute approximate surface area is 407 Å². The van der Waals surface area contributed by atoms with E-state index < -0.39 is 0 Å². The molecule has 70 heavy (non-hydrogen) atoms. The lowest BCUT2D eigenvalue weighted by molar-refractivity contribution is 1.13. The summed E-state index contributed by atoms with van der Waals surface area (Å²) in [5.41, 5.74) is 18.7. The highest BCUT2D eigenvalue weighted by Gasteiger charge is 2.30. The summed E-state index contributed by atoms with van der Waals surface area (Å²) in [6.45, 7) is 0. The van der Waals surface area contributed by atoms with E-state index in [0.29, 0.717) is 0 Å². The fourth-order valence-electron chi connectivity index (χ4n) is 11.6. The molecule has 14 rings (SSSR count). The maximum Gasteiger partial charge on any atom is 0.0699 e. The Kier molecular flexibility index (Phi) is 8.99. The summed E-state index contributed by atoms with van der Waals surface area (Å²) in [5, 5.41) is 9.74. The van der Waals surface area contributed by atoms with Gasteiger partial charge in [0.2, 0.25) is 0 Å². The lowest BCUT2D eigenvalue weighted by Crippen LogP contribution is -2.24. The lowest BCUT2D eigenvalue weighted by Gasteiger charge is -2.39. The first-order valence-electron chi connectivity index (χ1n) is 24.1. The van der Waals surface area contributed by atoms with Gasteiger partial charge in [0.1, 0.15) is 0 Å². The lowest BCUT2D eigenvalue weighted by atomic mass is 9.84. The topological polar surface area (TPSA) is 13.0 Å². The third-order valence-corrected chi connectivity index (χ3v) is 14.8. The van der Waals surface area contributed by atoms with Crippen LogP contribution in [-0.2, 0) is 0 Å². The van der Waals surface area contributed by atoms with Crippen LogP contribution >= 0.6 is 0 Å². The number of nitrogens with zero attached hydrogens (tertiary/aromatic N) is 4. The highest BCUT2D eigenvalue weighted by atomic mass is 15.3. The summed E-state index contributed by atoms with van der Waals surface area (Å²) in [5.74, 6) is 0. The first-order valence-corrected chi connectivity index (χ1v) is 24.1. The molecular weight excluding hydrogens is 849 g/mol. The summed E-state index contributed by atoms with van der Waals surface area (Å²) in [7, 11) is 4.34. The van der Waals surface area contributed by atoms with E-state index in [2.05, 4.69) is 276 Å². The monoisotopic (exact) mass is 894 g/mol. The minimum Gasteiger partial charge on any atom is -0.341 e. The van der Waals surface area contributed by atoms with Crippen molar-refractivity contribution in [2.45, 2.75) is 0 Å². The molecule has 4 nitrogen and oxygen atoms in total. The third kappa shape index (κ3) is 6.10. The van der Waals surface area contributed by atoms with E-state index in [-0.39, 0.29) is 0 Å². The van der Waals surface area contributed by atoms with Crippen molar-refractivity contribution < 1.29 is 0 Å². The molecule has 2 aliphatic rings. The van der Waals surface area contributed by atoms with E-state index in [0.717, 1.165) is 34.1 Å². The van der Waals surface area contributed by atoms with Gasteiger partial charge in [0.05, 0.1) is 45.5 Å². The Bertz CT molecular complexity index is 3980. The van der Waals surface area contributed by atoms with Crippen LogP contribution in [0.4, 0.5) is 56.9 Å². The predicted molar refractivity (Wildman–Crippen MR) is 298 cm³/mol. The van der Waals surface area contributed by atoms with Crippen LogP contribution < -0.4 is 19.6 Å². The summed E-state index contributed by atoms with van der Waals surface area (Å²) in [6, 6.07) is 89.7. The van der Waals surface area contributed by atoms with Crippen molar-refractivity contribution in [2.24, 2.45) is 0 Å². The van der Waals surface area contributed by atoms with Crippen molar-refractivity contribution in [3.63, 3.8) is 0 Å². The van der Waals surface area contributed by atoms with Gasteiger partial charge in [-0.3, -0.25) is 0 Å². The standard InChI is InChI=1S/C66H46N4/c1-67-57-22-7-11-26-61(57)69(62-27-12-8-23-58(62)67)49-37-39-54-55(41-49)65(46-33-31-45(32-34-46)52-21-15-19-44-17-5-6-20-51(44)52)53-38-36-50(42-56(53)66(54)48-35-30-43-16-3-4-18-47(43)40-48)70-63-28-13-9-24-59(63)68(2)60-25-10-14-29-64(60)70/h3-42H,1-2H3. The minimum absolute atomic E-state index is 1.11. The Morgan fingerprint density at radius 3 is 1.17 bits per heavy atom. The zero-order valence-corrected chi connectivity index (χ0v) is 38.9. The highest BCUT2D eigenvalue weighted by Crippen LogP contribution is 2.55. The fraction of sp³-hybridized carbons (Fsp3) is 0.0303. The van der Waals surface area contributed by atoms with Crippen molar-refractivity contribution in [1.29, 1.82) is 0 Å². The molecule has 2 aliphatic heterocycles. The molecule has 0 unspecified atom stereocenters. The molecule has 0 amide bonds. The van der Waals surface area contributed by atoms with Crippen LogP contribution in [0.3, 0.4) is 0 Å². The molecule has 330 valence electrons. The van der Waals surface area contributed by atoms with Gasteiger partial charge in [-0.2, -0.15) is 0 Å². The molecule has 0 N–H and O–H groups in total. The summed E-state index contributed by atoms with van der Waals surface area (Å²) in [6.07, 6.45) is 0. The Morgan fingerprint density at radius 2 is 0.643 bits per heavy atom. The van der Waals surface area contributed by atoms with Crippen molar-refractivity contribution in [1.82, 2.24) is 0 Å². The van der Waals surface area contributed by atoms with Crippen molar-refractivity contribution in [3.05, 3.63) is 243 Å². The average Bonchev–Trinajstić information content (AvgIpc) is 3.42. The SMILES string of the molecule is CN1c2ccccc2N(c2ccc3c(-c4ccc5ccccc5c4)c4cc(N5c6ccccc6N(C)c6ccccc65)ccc4c(-c4ccc(-c5cccc6ccccc56)cc4)c3c2)c2ccccc21. The molecule has 4 heteroatoms. The summed E-state index contributed by atoms with van der Waals surface area (Å²) < 4.78 is 0. The molecule has 0 saturated heterocycles. The predicted octanol–water partition coefficient (Wildman–Crippen LogP) is 18.4. The average molecular weight is 895 g/mol. The number of para-hydroxylation sites is 8. The van der Waals surface area contributed by atoms with Gasteiger partial charge in [-0.05, 0) is 155 Å². The molecular formula is C66H46N4. The number of fused-ring (bicyclic) bond motifs is 8. The van der Waals surface area contributed by atoms with Crippen LogP contribution in [0.15, 0.2) is 243 Å². The van der Waals surface area contributed by atoms with E-state index in [1.54, 1.807) is 0 Å². The normalized spacial score (nSPS) is 12.9. The Hall–Kier alpha value is -9.12. The Morgan fingerprint density at radius 1 is 0.243 bits per heavy atom. The summed E-state index contributed by atoms with van der Waals surface area (Å²) >= 11 is 0. The molecule has 0 spiro atoms. The molecule has 0 atom stereocenters. The van der Waals surface area contributed by atoms with Crippen LogP contribution in [0.5, 0.6) is 0 Å². The first-order chi connectivity index (χ1) is 34.6. The molecule has 0 saturated carbocycles. The molecule has 2 heterocycles. The van der Waals surface area contributed by atoms with Crippen molar-refractivity contribution >= 4 is 100.0 Å². The molecule has 0 aliphatic carbocycles. The van der Waals surface area contributed by atoms with Gasteiger partial charge >= 0.3 is 0 Å². The third-order valence-electron chi connectivity index (χ3n) is 14.8. The van der Waals surface area contributed by atoms with Gasteiger partial charge in [-0.15, -0.1) is 0 Å². The zero-order chi connectivity index (χ0) is 46.5. The Balaban J connectivity index is 1.07. The maximum absolute atomic E-state index is 2.45. The van der Waals surface area contributed by atoms with E-state index in [9.17, 15) is 0 Å². The van der Waals surface area contributed by atoms with Crippen LogP contribution in [0.1, 0.15) is 0 Å². The van der Waals surface area contributed by atoms with Crippen LogP contribution in [0.2, 0.25) is 0 Å². The number of benzene rings is 12. The zero-order valence-electron chi connectivity index (χ0n) is 38.9. The van der Waals surface area contributed by atoms with Gasteiger partial charge in [0, 0.05) is 25.5 Å². The van der Waals surface area contributed by atoms with E-state index in [4.69, 9.17) is 0 Å². The molecule has 12 aromatic carbocycles. The van der Waals surface area contributed by atoms with Gasteiger partial charge in [-0.1, -0.05) is 164 Å². The van der Waals surface area contributed by atoms with E-state index in [1.165, 1.54) is 99.2 Å². The number of rotatable bonds is 5. The number of hydrogen-bond acceptors (Lipinski definition) is 4. The first kappa shape index (κ1) is 40.0. The van der Waals surface area contributed by atoms with Crippen molar-refractivity contribution in [2.75, 3.05) is 33.7 Å². The van der Waals surface area contributed by atoms with Crippen LogP contribution in [-0.4, -0.2) is 14.1 Å². The second-order valence-electron chi connectivity index (χ2n) is 18.6. The fourth-order valence-corrected chi connectivity index (χ4v) is 11.6. The van der Waals surface area contributed by atoms with Gasteiger partial charge in [0.25, 0.3) is 0 Å². The number of hydrogen-bond donors (Lipinski definition) is 0. The van der Waals surface area contributed by atoms with Crippen molar-refractivity contribution in [3.8, 4) is 33.4 Å².